The lowest BCUT2D eigenvalue weighted by Gasteiger charge is -2.56. The summed E-state index contributed by atoms with van der Waals surface area (Å²) in [5.41, 5.74) is 4.41. The van der Waals surface area contributed by atoms with Crippen LogP contribution < -0.4 is 4.74 Å². The Labute approximate surface area is 189 Å². The van der Waals surface area contributed by atoms with Crippen LogP contribution >= 0.6 is 11.8 Å². The summed E-state index contributed by atoms with van der Waals surface area (Å²) in [7, 11) is 0. The lowest BCUT2D eigenvalue weighted by atomic mass is 9.48. The molecule has 162 valence electrons. The van der Waals surface area contributed by atoms with E-state index in [-0.39, 0.29) is 11.3 Å². The predicted octanol–water partition coefficient (Wildman–Crippen LogP) is 6.22. The third kappa shape index (κ3) is 4.03. The van der Waals surface area contributed by atoms with Gasteiger partial charge in [0.15, 0.2) is 0 Å². The molecule has 1 saturated carbocycles. The van der Waals surface area contributed by atoms with E-state index in [1.807, 2.05) is 23.1 Å². The smallest absolute Gasteiger partial charge is 0.234 e. The van der Waals surface area contributed by atoms with Crippen molar-refractivity contribution in [1.82, 2.24) is 4.90 Å². The molecule has 2 bridgehead atoms. The molecular weight excluding hydrogens is 402 g/mol. The molecule has 0 spiro atoms. The number of rotatable bonds is 7. The lowest BCUT2D eigenvalue weighted by molar-refractivity contribution is -0.128. The Morgan fingerprint density at radius 3 is 2.58 bits per heavy atom. The second-order valence-electron chi connectivity index (χ2n) is 9.66. The van der Waals surface area contributed by atoms with E-state index in [9.17, 15) is 4.79 Å². The molecule has 2 fully saturated rings. The van der Waals surface area contributed by atoms with Crippen LogP contribution in [0.15, 0.2) is 66.2 Å². The Kier molecular flexibility index (Phi) is 5.60. The molecule has 31 heavy (non-hydrogen) atoms. The molecule has 1 amide bonds. The number of amides is 1. The highest BCUT2D eigenvalue weighted by atomic mass is 32.2. The zero-order chi connectivity index (χ0) is 21.4. The Balaban J connectivity index is 1.18. The first-order chi connectivity index (χ1) is 15.0. The van der Waals surface area contributed by atoms with Gasteiger partial charge < -0.3 is 9.64 Å². The van der Waals surface area contributed by atoms with Crippen molar-refractivity contribution in [2.24, 2.45) is 17.3 Å². The minimum absolute atomic E-state index is 0.0722. The zero-order valence-electron chi connectivity index (χ0n) is 18.4. The van der Waals surface area contributed by atoms with Gasteiger partial charge in [0.2, 0.25) is 5.91 Å². The highest BCUT2D eigenvalue weighted by Crippen LogP contribution is 2.59. The van der Waals surface area contributed by atoms with Gasteiger partial charge in [-0.3, -0.25) is 4.79 Å². The molecule has 1 heterocycles. The summed E-state index contributed by atoms with van der Waals surface area (Å²) >= 11 is 1.71. The van der Waals surface area contributed by atoms with Crippen molar-refractivity contribution >= 4 is 17.7 Å². The van der Waals surface area contributed by atoms with Gasteiger partial charge in [-0.25, -0.2) is 0 Å². The van der Waals surface area contributed by atoms with Crippen molar-refractivity contribution < 1.29 is 9.53 Å². The maximum Gasteiger partial charge on any atom is 0.234 e. The molecule has 2 aromatic carbocycles. The van der Waals surface area contributed by atoms with E-state index >= 15 is 0 Å². The van der Waals surface area contributed by atoms with E-state index in [0.717, 1.165) is 36.2 Å². The summed E-state index contributed by atoms with van der Waals surface area (Å²) in [6, 6.07) is 18.6. The van der Waals surface area contributed by atoms with Gasteiger partial charge in [0.1, 0.15) is 11.1 Å². The highest BCUT2D eigenvalue weighted by Gasteiger charge is 2.50. The number of carbonyl (C=O) groups excluding carboxylic acids is 1. The van der Waals surface area contributed by atoms with Crippen molar-refractivity contribution in [2.45, 2.75) is 45.0 Å². The number of nitrogens with zero attached hydrogens (tertiary/aromatic N) is 1. The van der Waals surface area contributed by atoms with Crippen LogP contribution in [0.2, 0.25) is 0 Å². The van der Waals surface area contributed by atoms with Gasteiger partial charge in [-0.2, -0.15) is 0 Å². The third-order valence-electron chi connectivity index (χ3n) is 7.57. The Bertz CT molecular complexity index is 966. The van der Waals surface area contributed by atoms with Gasteiger partial charge in [0, 0.05) is 13.0 Å². The molecule has 4 heteroatoms. The first kappa shape index (κ1) is 20.7. The van der Waals surface area contributed by atoms with Gasteiger partial charge in [0.05, 0.1) is 12.4 Å². The van der Waals surface area contributed by atoms with Gasteiger partial charge in [-0.15, -0.1) is 11.8 Å². The maximum absolute atomic E-state index is 12.5. The van der Waals surface area contributed by atoms with Gasteiger partial charge in [-0.05, 0) is 53.4 Å². The number of ether oxygens (including phenoxy) is 1. The Morgan fingerprint density at radius 1 is 1.10 bits per heavy atom. The minimum atomic E-state index is 0.0722. The molecule has 3 unspecified atom stereocenters. The summed E-state index contributed by atoms with van der Waals surface area (Å²) < 4.78 is 6.08. The van der Waals surface area contributed by atoms with Crippen LogP contribution in [0.3, 0.4) is 0 Å². The van der Waals surface area contributed by atoms with E-state index < -0.39 is 0 Å². The quantitative estimate of drug-likeness (QED) is 0.485. The number of allylic oxidation sites excluding steroid dienone is 1. The molecule has 4 aliphatic rings. The SMILES string of the molecule is CC1(C)C2CC=C(CCOc3ccc(C4SCC(=O)N4Cc4ccccc4)cc3)C1C2. The summed E-state index contributed by atoms with van der Waals surface area (Å²) in [4.78, 5) is 14.5. The third-order valence-corrected chi connectivity index (χ3v) is 8.83. The lowest BCUT2D eigenvalue weighted by Crippen LogP contribution is -2.48. The second-order valence-corrected chi connectivity index (χ2v) is 10.7. The van der Waals surface area contributed by atoms with E-state index in [2.05, 4.69) is 56.3 Å². The topological polar surface area (TPSA) is 29.5 Å². The number of carbonyl (C=O) groups is 1. The van der Waals surface area contributed by atoms with Crippen LogP contribution in [0.4, 0.5) is 0 Å². The van der Waals surface area contributed by atoms with Gasteiger partial charge in [0.25, 0.3) is 0 Å². The Morgan fingerprint density at radius 2 is 1.87 bits per heavy atom. The molecule has 0 aromatic heterocycles. The van der Waals surface area contributed by atoms with Crippen molar-refractivity contribution in [1.29, 1.82) is 0 Å². The van der Waals surface area contributed by atoms with Gasteiger partial charge in [-0.1, -0.05) is 68.0 Å². The molecule has 1 saturated heterocycles. The molecule has 3 atom stereocenters. The van der Waals surface area contributed by atoms with Crippen molar-refractivity contribution in [2.75, 3.05) is 12.4 Å². The molecule has 0 radical (unpaired) electrons. The van der Waals surface area contributed by atoms with E-state index in [1.165, 1.54) is 18.4 Å². The average molecular weight is 434 g/mol. The number of benzene rings is 2. The van der Waals surface area contributed by atoms with E-state index in [1.54, 1.807) is 17.3 Å². The molecular formula is C27H31NO2S. The zero-order valence-corrected chi connectivity index (χ0v) is 19.2. The van der Waals surface area contributed by atoms with Crippen molar-refractivity contribution in [3.8, 4) is 5.75 Å². The molecule has 2 aromatic rings. The molecule has 6 rings (SSSR count). The normalized spacial score (nSPS) is 26.4. The van der Waals surface area contributed by atoms with E-state index in [0.29, 0.717) is 17.7 Å². The van der Waals surface area contributed by atoms with Crippen LogP contribution in [-0.4, -0.2) is 23.2 Å². The highest BCUT2D eigenvalue weighted by molar-refractivity contribution is 8.00. The first-order valence-corrected chi connectivity index (χ1v) is 12.4. The number of hydrogen-bond acceptors (Lipinski definition) is 3. The summed E-state index contributed by atoms with van der Waals surface area (Å²) in [6.07, 6.45) is 6.10. The summed E-state index contributed by atoms with van der Waals surface area (Å²) in [5, 5.41) is 0.0722. The molecule has 3 nitrogen and oxygen atoms in total. The van der Waals surface area contributed by atoms with Crippen LogP contribution in [0, 0.1) is 17.3 Å². The minimum Gasteiger partial charge on any atom is -0.493 e. The maximum atomic E-state index is 12.5. The first-order valence-electron chi connectivity index (χ1n) is 11.4. The van der Waals surface area contributed by atoms with Crippen molar-refractivity contribution in [3.05, 3.63) is 77.4 Å². The van der Waals surface area contributed by atoms with E-state index in [4.69, 9.17) is 4.74 Å². The fourth-order valence-electron chi connectivity index (χ4n) is 5.45. The summed E-state index contributed by atoms with van der Waals surface area (Å²) in [6.45, 7) is 6.23. The average Bonchev–Trinajstić information content (AvgIpc) is 3.15. The van der Waals surface area contributed by atoms with Crippen LogP contribution in [-0.2, 0) is 11.3 Å². The molecule has 1 aliphatic heterocycles. The number of thioether (sulfide) groups is 1. The monoisotopic (exact) mass is 433 g/mol. The largest absolute Gasteiger partial charge is 0.493 e. The van der Waals surface area contributed by atoms with Gasteiger partial charge >= 0.3 is 0 Å². The second kappa shape index (κ2) is 8.38. The summed E-state index contributed by atoms with van der Waals surface area (Å²) in [5.74, 6) is 3.31. The molecule has 0 N–H and O–H groups in total. The van der Waals surface area contributed by atoms with Crippen LogP contribution in [0.25, 0.3) is 0 Å². The standard InChI is InChI=1S/C27H31NO2S/c1-27(2)22-11-8-20(24(27)16-22)14-15-30-23-12-9-21(10-13-23)26-28(25(29)18-31-26)17-19-6-4-3-5-7-19/h3-10,12-13,22,24,26H,11,14-18H2,1-2H3. The number of fused-ring (bicyclic) bond motifs is 1. The predicted molar refractivity (Wildman–Crippen MR) is 127 cm³/mol. The van der Waals surface area contributed by atoms with Crippen LogP contribution in [0.5, 0.6) is 5.75 Å². The van der Waals surface area contributed by atoms with Crippen LogP contribution in [0.1, 0.15) is 49.6 Å². The Hall–Kier alpha value is -2.20. The van der Waals surface area contributed by atoms with Crippen molar-refractivity contribution in [3.63, 3.8) is 0 Å². The molecule has 3 aliphatic carbocycles. The number of hydrogen-bond donors (Lipinski definition) is 0. The fraction of sp³-hybridized carbons (Fsp3) is 0.444. The fourth-order valence-corrected chi connectivity index (χ4v) is 6.64.